The summed E-state index contributed by atoms with van der Waals surface area (Å²) in [5, 5.41) is 3.12. The van der Waals surface area contributed by atoms with Crippen LogP contribution in [0, 0.1) is 5.92 Å². The monoisotopic (exact) mass is 442 g/mol. The van der Waals surface area contributed by atoms with E-state index in [0.717, 1.165) is 24.8 Å². The molecule has 1 fully saturated rings. The van der Waals surface area contributed by atoms with Crippen molar-refractivity contribution in [3.8, 4) is 0 Å². The molecule has 1 unspecified atom stereocenters. The molecule has 1 aliphatic heterocycles. The maximum atomic E-state index is 12.7. The lowest BCUT2D eigenvalue weighted by Crippen LogP contribution is -2.45. The molecule has 5 nitrogen and oxygen atoms in total. The molecule has 0 saturated carbocycles. The van der Waals surface area contributed by atoms with Gasteiger partial charge in [-0.15, -0.1) is 0 Å². The molecule has 0 bridgehead atoms. The molecule has 31 heavy (non-hydrogen) atoms. The van der Waals surface area contributed by atoms with E-state index >= 15 is 0 Å². The first-order valence-electron chi connectivity index (χ1n) is 11.3. The number of sulfonamides is 1. The largest absolute Gasteiger partial charge is 0.353 e. The Morgan fingerprint density at radius 2 is 1.52 bits per heavy atom. The molecular formula is C25H34N2O3S. The number of benzene rings is 2. The molecule has 1 heterocycles. The summed E-state index contributed by atoms with van der Waals surface area (Å²) >= 11 is 0. The highest BCUT2D eigenvalue weighted by Gasteiger charge is 2.31. The first-order valence-corrected chi connectivity index (χ1v) is 12.9. The minimum Gasteiger partial charge on any atom is -0.353 e. The van der Waals surface area contributed by atoms with Crippen LogP contribution in [0.25, 0.3) is 0 Å². The van der Waals surface area contributed by atoms with Crippen LogP contribution >= 0.6 is 0 Å². The summed E-state index contributed by atoms with van der Waals surface area (Å²) in [6, 6.07) is 20.3. The number of carbonyl (C=O) groups excluding carboxylic acids is 1. The molecule has 1 atom stereocenters. The Bertz CT molecular complexity index is 908. The van der Waals surface area contributed by atoms with Gasteiger partial charge >= 0.3 is 0 Å². The Balaban J connectivity index is 1.38. The summed E-state index contributed by atoms with van der Waals surface area (Å²) in [4.78, 5) is 12.6. The molecule has 0 spiro atoms. The zero-order valence-corrected chi connectivity index (χ0v) is 19.2. The van der Waals surface area contributed by atoms with Crippen LogP contribution in [0.1, 0.15) is 43.7 Å². The fourth-order valence-electron chi connectivity index (χ4n) is 4.09. The highest BCUT2D eigenvalue weighted by atomic mass is 32.2. The van der Waals surface area contributed by atoms with Crippen molar-refractivity contribution in [2.45, 2.75) is 51.5 Å². The molecule has 0 radical (unpaired) electrons. The molecule has 1 N–H and O–H groups in total. The van der Waals surface area contributed by atoms with E-state index in [2.05, 4.69) is 17.4 Å². The van der Waals surface area contributed by atoms with Crippen LogP contribution in [0.5, 0.6) is 0 Å². The van der Waals surface area contributed by atoms with Gasteiger partial charge in [-0.2, -0.15) is 0 Å². The summed E-state index contributed by atoms with van der Waals surface area (Å²) in [7, 11) is -3.26. The lowest BCUT2D eigenvalue weighted by Gasteiger charge is -2.31. The zero-order valence-electron chi connectivity index (χ0n) is 18.4. The maximum absolute atomic E-state index is 12.7. The molecule has 1 amide bonds. The van der Waals surface area contributed by atoms with Gasteiger partial charge in [-0.3, -0.25) is 4.79 Å². The van der Waals surface area contributed by atoms with Crippen LogP contribution in [-0.4, -0.2) is 43.5 Å². The van der Waals surface area contributed by atoms with E-state index in [0.29, 0.717) is 32.4 Å². The van der Waals surface area contributed by atoms with E-state index in [-0.39, 0.29) is 23.6 Å². The van der Waals surface area contributed by atoms with Crippen molar-refractivity contribution >= 4 is 15.9 Å². The average molecular weight is 443 g/mol. The Labute approximate surface area is 186 Å². The fourth-order valence-corrected chi connectivity index (χ4v) is 5.62. The van der Waals surface area contributed by atoms with Gasteiger partial charge in [0.15, 0.2) is 0 Å². The third-order valence-corrected chi connectivity index (χ3v) is 7.98. The van der Waals surface area contributed by atoms with Crippen molar-refractivity contribution in [1.29, 1.82) is 0 Å². The van der Waals surface area contributed by atoms with Crippen LogP contribution in [-0.2, 0) is 27.7 Å². The zero-order chi connectivity index (χ0) is 22.1. The van der Waals surface area contributed by atoms with Gasteiger partial charge in [0, 0.05) is 25.0 Å². The number of hydrogen-bond acceptors (Lipinski definition) is 3. The highest BCUT2D eigenvalue weighted by Crippen LogP contribution is 2.21. The number of piperidine rings is 1. The molecule has 0 aliphatic carbocycles. The van der Waals surface area contributed by atoms with Crippen molar-refractivity contribution in [2.75, 3.05) is 18.8 Å². The SMILES string of the molecule is CC(CCc1ccccc1)NC(=O)C1CCN(S(=O)(=O)CCCc2ccccc2)CC1. The van der Waals surface area contributed by atoms with Gasteiger partial charge < -0.3 is 5.32 Å². The van der Waals surface area contributed by atoms with Gasteiger partial charge in [-0.1, -0.05) is 60.7 Å². The lowest BCUT2D eigenvalue weighted by atomic mass is 9.96. The summed E-state index contributed by atoms with van der Waals surface area (Å²) in [6.45, 7) is 2.90. The number of hydrogen-bond donors (Lipinski definition) is 1. The van der Waals surface area contributed by atoms with Crippen LogP contribution in [0.2, 0.25) is 0 Å². The summed E-state index contributed by atoms with van der Waals surface area (Å²) in [5.74, 6) is 0.117. The van der Waals surface area contributed by atoms with E-state index in [1.807, 2.05) is 55.5 Å². The second-order valence-corrected chi connectivity index (χ2v) is 10.6. The standard InChI is InChI=1S/C25H34N2O3S/c1-21(14-15-23-11-6-3-7-12-23)26-25(28)24-16-18-27(19-17-24)31(29,30)20-8-13-22-9-4-2-5-10-22/h2-7,9-12,21,24H,8,13-20H2,1H3,(H,26,28). The van der Waals surface area contributed by atoms with E-state index in [1.165, 1.54) is 5.56 Å². The topological polar surface area (TPSA) is 66.5 Å². The van der Waals surface area contributed by atoms with Crippen molar-refractivity contribution < 1.29 is 13.2 Å². The predicted octanol–water partition coefficient (Wildman–Crippen LogP) is 3.80. The predicted molar refractivity (Wildman–Crippen MR) is 125 cm³/mol. The first kappa shape index (κ1) is 23.5. The minimum atomic E-state index is -3.26. The molecule has 168 valence electrons. The Morgan fingerprint density at radius 3 is 2.10 bits per heavy atom. The molecule has 3 rings (SSSR count). The number of aryl methyl sites for hydroxylation is 2. The molecule has 0 aromatic heterocycles. The van der Waals surface area contributed by atoms with E-state index in [1.54, 1.807) is 4.31 Å². The first-order chi connectivity index (χ1) is 14.9. The quantitative estimate of drug-likeness (QED) is 0.609. The van der Waals surface area contributed by atoms with Gasteiger partial charge in [0.05, 0.1) is 5.75 Å². The Kier molecular flexibility index (Phi) is 8.67. The van der Waals surface area contributed by atoms with E-state index in [9.17, 15) is 13.2 Å². The van der Waals surface area contributed by atoms with Gasteiger partial charge in [0.2, 0.25) is 15.9 Å². The smallest absolute Gasteiger partial charge is 0.223 e. The number of nitrogens with one attached hydrogen (secondary N) is 1. The second kappa shape index (κ2) is 11.4. The van der Waals surface area contributed by atoms with Crippen LogP contribution in [0.3, 0.4) is 0 Å². The fraction of sp³-hybridized carbons (Fsp3) is 0.480. The van der Waals surface area contributed by atoms with Gasteiger partial charge in [0.1, 0.15) is 0 Å². The molecule has 2 aromatic carbocycles. The van der Waals surface area contributed by atoms with Crippen molar-refractivity contribution in [2.24, 2.45) is 5.92 Å². The summed E-state index contributed by atoms with van der Waals surface area (Å²) in [5.41, 5.74) is 2.43. The second-order valence-electron chi connectivity index (χ2n) is 8.51. The van der Waals surface area contributed by atoms with Crippen LogP contribution in [0.4, 0.5) is 0 Å². The van der Waals surface area contributed by atoms with Crippen molar-refractivity contribution in [3.63, 3.8) is 0 Å². The molecule has 2 aromatic rings. The number of carbonyl (C=O) groups is 1. The highest BCUT2D eigenvalue weighted by molar-refractivity contribution is 7.89. The molecule has 1 saturated heterocycles. The third kappa shape index (κ3) is 7.47. The molecular weight excluding hydrogens is 408 g/mol. The number of nitrogens with zero attached hydrogens (tertiary/aromatic N) is 1. The lowest BCUT2D eigenvalue weighted by molar-refractivity contribution is -0.126. The molecule has 1 aliphatic rings. The van der Waals surface area contributed by atoms with Gasteiger partial charge in [0.25, 0.3) is 0 Å². The Hall–Kier alpha value is -2.18. The van der Waals surface area contributed by atoms with Gasteiger partial charge in [-0.25, -0.2) is 12.7 Å². The van der Waals surface area contributed by atoms with E-state index < -0.39 is 10.0 Å². The molecule has 6 heteroatoms. The minimum absolute atomic E-state index is 0.0571. The van der Waals surface area contributed by atoms with E-state index in [4.69, 9.17) is 0 Å². The van der Waals surface area contributed by atoms with Crippen molar-refractivity contribution in [1.82, 2.24) is 9.62 Å². The normalized spacial score (nSPS) is 16.7. The average Bonchev–Trinajstić information content (AvgIpc) is 2.79. The van der Waals surface area contributed by atoms with Crippen molar-refractivity contribution in [3.05, 3.63) is 71.8 Å². The number of amides is 1. The van der Waals surface area contributed by atoms with Crippen LogP contribution < -0.4 is 5.32 Å². The van der Waals surface area contributed by atoms with Gasteiger partial charge in [-0.05, 0) is 56.6 Å². The Morgan fingerprint density at radius 1 is 0.968 bits per heavy atom. The third-order valence-electron chi connectivity index (χ3n) is 6.03. The number of rotatable bonds is 10. The summed E-state index contributed by atoms with van der Waals surface area (Å²) in [6.07, 6.45) is 4.39. The summed E-state index contributed by atoms with van der Waals surface area (Å²) < 4.78 is 26.9. The maximum Gasteiger partial charge on any atom is 0.223 e. The van der Waals surface area contributed by atoms with Crippen LogP contribution in [0.15, 0.2) is 60.7 Å².